The van der Waals surface area contributed by atoms with Crippen molar-refractivity contribution in [3.8, 4) is 0 Å². The van der Waals surface area contributed by atoms with E-state index in [0.717, 1.165) is 12.3 Å². The number of carbonyl (C=O) groups excluding carboxylic acids is 1. The van der Waals surface area contributed by atoms with Crippen molar-refractivity contribution in [1.82, 2.24) is 5.32 Å². The summed E-state index contributed by atoms with van der Waals surface area (Å²) in [7, 11) is 0. The van der Waals surface area contributed by atoms with E-state index >= 15 is 0 Å². The summed E-state index contributed by atoms with van der Waals surface area (Å²) in [6, 6.07) is -0.0957. The lowest BCUT2D eigenvalue weighted by molar-refractivity contribution is -0.127. The zero-order valence-electron chi connectivity index (χ0n) is 8.70. The fraction of sp³-hybridized carbons (Fsp3) is 0.909. The number of amides is 1. The molecule has 2 rings (SSSR count). The van der Waals surface area contributed by atoms with Gasteiger partial charge in [-0.1, -0.05) is 6.42 Å². The van der Waals surface area contributed by atoms with Gasteiger partial charge in [-0.15, -0.1) is 0 Å². The molecule has 2 aliphatic rings. The van der Waals surface area contributed by atoms with Gasteiger partial charge in [0, 0.05) is 12.0 Å². The minimum absolute atomic E-state index is 0.0343. The van der Waals surface area contributed by atoms with Crippen molar-refractivity contribution in [2.75, 3.05) is 6.61 Å². The fourth-order valence-electron chi connectivity index (χ4n) is 2.96. The van der Waals surface area contributed by atoms with Crippen molar-refractivity contribution in [3.05, 3.63) is 0 Å². The molecular weight excluding hydrogens is 178 g/mol. The molecule has 0 saturated heterocycles. The van der Waals surface area contributed by atoms with Crippen LogP contribution in [0.25, 0.3) is 0 Å². The summed E-state index contributed by atoms with van der Waals surface area (Å²) in [6.45, 7) is 1.87. The van der Waals surface area contributed by atoms with Crippen LogP contribution in [0.1, 0.15) is 32.6 Å². The van der Waals surface area contributed by atoms with Gasteiger partial charge in [0.1, 0.15) is 0 Å². The molecule has 0 heterocycles. The Labute approximate surface area is 84.9 Å². The number of nitrogens with one attached hydrogen (secondary N) is 1. The number of hydrogen-bond donors (Lipinski definition) is 2. The molecule has 4 atom stereocenters. The number of aliphatic hydroxyl groups excluding tert-OH is 1. The highest BCUT2D eigenvalue weighted by Gasteiger charge is 2.43. The third kappa shape index (κ3) is 1.78. The van der Waals surface area contributed by atoms with Crippen molar-refractivity contribution in [3.63, 3.8) is 0 Å². The van der Waals surface area contributed by atoms with E-state index in [4.69, 9.17) is 5.11 Å². The standard InChI is InChI=1S/C11H19NO2/c1-7(6-13)12-11(14)10-5-8-2-3-9(10)4-8/h7-10,13H,2-6H2,1H3,(H,12,14)/t7-,8?,9?,10?/m0/s1. The average Bonchev–Trinajstić information content (AvgIpc) is 2.78. The lowest BCUT2D eigenvalue weighted by Crippen LogP contribution is -2.40. The topological polar surface area (TPSA) is 49.3 Å². The first-order valence-corrected chi connectivity index (χ1v) is 5.62. The molecule has 2 saturated carbocycles. The summed E-state index contributed by atoms with van der Waals surface area (Å²) in [4.78, 5) is 11.8. The zero-order valence-corrected chi connectivity index (χ0v) is 8.70. The van der Waals surface area contributed by atoms with Crippen LogP contribution in [0.4, 0.5) is 0 Å². The molecule has 2 aliphatic carbocycles. The summed E-state index contributed by atoms with van der Waals surface area (Å²) in [6.07, 6.45) is 4.89. The molecule has 80 valence electrons. The molecule has 14 heavy (non-hydrogen) atoms. The van der Waals surface area contributed by atoms with Crippen LogP contribution in [0.3, 0.4) is 0 Å². The number of carbonyl (C=O) groups is 1. The summed E-state index contributed by atoms with van der Waals surface area (Å²) >= 11 is 0. The molecule has 0 aromatic carbocycles. The van der Waals surface area contributed by atoms with Crippen LogP contribution in [0.2, 0.25) is 0 Å². The Bertz CT molecular complexity index is 229. The van der Waals surface area contributed by atoms with Crippen LogP contribution in [0, 0.1) is 17.8 Å². The van der Waals surface area contributed by atoms with E-state index in [1.807, 2.05) is 6.92 Å². The molecule has 0 radical (unpaired) electrons. The molecule has 3 heteroatoms. The number of aliphatic hydroxyl groups is 1. The van der Waals surface area contributed by atoms with Crippen LogP contribution >= 0.6 is 0 Å². The largest absolute Gasteiger partial charge is 0.394 e. The lowest BCUT2D eigenvalue weighted by Gasteiger charge is -2.22. The Kier molecular flexibility index (Phi) is 2.77. The van der Waals surface area contributed by atoms with E-state index < -0.39 is 0 Å². The molecule has 1 amide bonds. The summed E-state index contributed by atoms with van der Waals surface area (Å²) in [5.41, 5.74) is 0. The zero-order chi connectivity index (χ0) is 10.1. The molecule has 0 aromatic rings. The van der Waals surface area contributed by atoms with Crippen LogP contribution in [0.5, 0.6) is 0 Å². The number of fused-ring (bicyclic) bond motifs is 2. The van der Waals surface area contributed by atoms with Crippen LogP contribution in [-0.4, -0.2) is 23.7 Å². The lowest BCUT2D eigenvalue weighted by atomic mass is 9.88. The van der Waals surface area contributed by atoms with Gasteiger partial charge >= 0.3 is 0 Å². The molecule has 3 unspecified atom stereocenters. The predicted octanol–water partition coefficient (Wildman–Crippen LogP) is 0.920. The van der Waals surface area contributed by atoms with Crippen molar-refractivity contribution >= 4 is 5.91 Å². The van der Waals surface area contributed by atoms with Gasteiger partial charge < -0.3 is 10.4 Å². The first-order chi connectivity index (χ1) is 6.70. The van der Waals surface area contributed by atoms with Gasteiger partial charge in [0.2, 0.25) is 5.91 Å². The molecule has 3 nitrogen and oxygen atoms in total. The van der Waals surface area contributed by atoms with E-state index in [1.165, 1.54) is 19.3 Å². The normalized spacial score (nSPS) is 37.1. The van der Waals surface area contributed by atoms with E-state index in [1.54, 1.807) is 0 Å². The van der Waals surface area contributed by atoms with Gasteiger partial charge in [0.05, 0.1) is 6.61 Å². The second kappa shape index (κ2) is 3.89. The Balaban J connectivity index is 1.87. The maximum Gasteiger partial charge on any atom is 0.223 e. The van der Waals surface area contributed by atoms with E-state index in [2.05, 4.69) is 5.32 Å². The van der Waals surface area contributed by atoms with Gasteiger partial charge in [-0.3, -0.25) is 4.79 Å². The van der Waals surface area contributed by atoms with Gasteiger partial charge in [-0.2, -0.15) is 0 Å². The third-order valence-corrected chi connectivity index (χ3v) is 3.74. The highest BCUT2D eigenvalue weighted by Crippen LogP contribution is 2.48. The highest BCUT2D eigenvalue weighted by atomic mass is 16.3. The average molecular weight is 197 g/mol. The molecule has 2 N–H and O–H groups in total. The smallest absolute Gasteiger partial charge is 0.223 e. The van der Waals surface area contributed by atoms with Crippen molar-refractivity contribution in [2.45, 2.75) is 38.6 Å². The van der Waals surface area contributed by atoms with Gasteiger partial charge in [0.25, 0.3) is 0 Å². The maximum absolute atomic E-state index is 11.8. The third-order valence-electron chi connectivity index (χ3n) is 3.74. The maximum atomic E-state index is 11.8. The highest BCUT2D eigenvalue weighted by molar-refractivity contribution is 5.79. The minimum Gasteiger partial charge on any atom is -0.394 e. The van der Waals surface area contributed by atoms with Crippen molar-refractivity contribution in [1.29, 1.82) is 0 Å². The Morgan fingerprint density at radius 1 is 1.50 bits per heavy atom. The molecule has 2 fully saturated rings. The van der Waals surface area contributed by atoms with Crippen molar-refractivity contribution < 1.29 is 9.90 Å². The summed E-state index contributed by atoms with van der Waals surface area (Å²) < 4.78 is 0. The monoisotopic (exact) mass is 197 g/mol. The second-order valence-corrected chi connectivity index (χ2v) is 4.87. The van der Waals surface area contributed by atoms with E-state index in [9.17, 15) is 4.79 Å². The molecule has 2 bridgehead atoms. The summed E-state index contributed by atoms with van der Waals surface area (Å²) in [5, 5.41) is 11.7. The van der Waals surface area contributed by atoms with Crippen LogP contribution in [0.15, 0.2) is 0 Å². The second-order valence-electron chi connectivity index (χ2n) is 4.87. The SMILES string of the molecule is C[C@@H](CO)NC(=O)C1CC2CCC1C2. The van der Waals surface area contributed by atoms with E-state index in [-0.39, 0.29) is 24.5 Å². The Morgan fingerprint density at radius 3 is 2.79 bits per heavy atom. The number of rotatable bonds is 3. The molecule has 0 aliphatic heterocycles. The summed E-state index contributed by atoms with van der Waals surface area (Å²) in [5.74, 6) is 1.84. The van der Waals surface area contributed by atoms with Gasteiger partial charge in [-0.05, 0) is 38.0 Å². The number of hydrogen-bond acceptors (Lipinski definition) is 2. The predicted molar refractivity (Wildman–Crippen MR) is 53.6 cm³/mol. The van der Waals surface area contributed by atoms with Crippen LogP contribution in [-0.2, 0) is 4.79 Å². The van der Waals surface area contributed by atoms with E-state index in [0.29, 0.717) is 5.92 Å². The van der Waals surface area contributed by atoms with Gasteiger partial charge in [-0.25, -0.2) is 0 Å². The first kappa shape index (κ1) is 9.97. The van der Waals surface area contributed by atoms with Crippen molar-refractivity contribution in [2.24, 2.45) is 17.8 Å². The quantitative estimate of drug-likeness (QED) is 0.707. The first-order valence-electron chi connectivity index (χ1n) is 5.62. The minimum atomic E-state index is -0.0957. The Hall–Kier alpha value is -0.570. The van der Waals surface area contributed by atoms with Crippen LogP contribution < -0.4 is 5.32 Å². The Morgan fingerprint density at radius 2 is 2.29 bits per heavy atom. The fourth-order valence-corrected chi connectivity index (χ4v) is 2.96. The van der Waals surface area contributed by atoms with Gasteiger partial charge in [0.15, 0.2) is 0 Å². The molecule has 0 spiro atoms. The molecular formula is C11H19NO2. The molecule has 0 aromatic heterocycles.